The Hall–Kier alpha value is -3.12. The molecule has 150 valence electrons. The lowest BCUT2D eigenvalue weighted by atomic mass is 10.1. The number of amides is 1. The number of aryl methyl sites for hydroxylation is 2. The van der Waals surface area contributed by atoms with Gasteiger partial charge in [-0.3, -0.25) is 9.10 Å². The maximum absolute atomic E-state index is 13.3. The molecule has 0 aliphatic heterocycles. The zero-order chi connectivity index (χ0) is 20.9. The number of hydrogen-bond donors (Lipinski definition) is 1. The van der Waals surface area contributed by atoms with Crippen LogP contribution in [0.4, 0.5) is 11.4 Å². The third-order valence-corrected chi connectivity index (χ3v) is 6.37. The molecule has 6 heteroatoms. The lowest BCUT2D eigenvalue weighted by Crippen LogP contribution is -2.38. The van der Waals surface area contributed by atoms with Gasteiger partial charge in [0, 0.05) is 5.69 Å². The molecule has 1 amide bonds. The highest BCUT2D eigenvalue weighted by atomic mass is 32.2. The van der Waals surface area contributed by atoms with E-state index in [1.807, 2.05) is 38.1 Å². The fourth-order valence-corrected chi connectivity index (χ4v) is 4.34. The van der Waals surface area contributed by atoms with Gasteiger partial charge in [-0.25, -0.2) is 8.42 Å². The molecule has 0 fully saturated rings. The normalized spacial score (nSPS) is 11.1. The summed E-state index contributed by atoms with van der Waals surface area (Å²) in [7, 11) is -3.90. The average Bonchev–Trinajstić information content (AvgIpc) is 2.74. The minimum Gasteiger partial charge on any atom is -0.325 e. The first-order chi connectivity index (χ1) is 13.9. The van der Waals surface area contributed by atoms with Crippen molar-refractivity contribution in [3.63, 3.8) is 0 Å². The van der Waals surface area contributed by atoms with E-state index in [-0.39, 0.29) is 11.4 Å². The van der Waals surface area contributed by atoms with E-state index in [0.717, 1.165) is 21.9 Å². The third-order valence-electron chi connectivity index (χ3n) is 4.59. The van der Waals surface area contributed by atoms with Crippen LogP contribution in [-0.4, -0.2) is 20.9 Å². The zero-order valence-electron chi connectivity index (χ0n) is 16.5. The summed E-state index contributed by atoms with van der Waals surface area (Å²) in [6.07, 6.45) is 0.847. The maximum atomic E-state index is 13.3. The van der Waals surface area contributed by atoms with E-state index in [0.29, 0.717) is 11.4 Å². The molecule has 0 aliphatic rings. The second-order valence-corrected chi connectivity index (χ2v) is 8.62. The number of nitrogens with one attached hydrogen (secondary N) is 1. The number of anilines is 2. The Balaban J connectivity index is 1.91. The van der Waals surface area contributed by atoms with E-state index in [9.17, 15) is 13.2 Å². The van der Waals surface area contributed by atoms with Crippen molar-refractivity contribution in [2.24, 2.45) is 0 Å². The molecule has 0 aromatic heterocycles. The number of carbonyl (C=O) groups excluding carboxylic acids is 1. The topological polar surface area (TPSA) is 66.5 Å². The summed E-state index contributed by atoms with van der Waals surface area (Å²) in [5, 5.41) is 2.77. The van der Waals surface area contributed by atoms with Gasteiger partial charge in [-0.2, -0.15) is 0 Å². The van der Waals surface area contributed by atoms with Gasteiger partial charge >= 0.3 is 0 Å². The van der Waals surface area contributed by atoms with Gasteiger partial charge in [0.15, 0.2) is 0 Å². The highest BCUT2D eigenvalue weighted by Crippen LogP contribution is 2.24. The second-order valence-electron chi connectivity index (χ2n) is 6.76. The second kappa shape index (κ2) is 8.92. The van der Waals surface area contributed by atoms with Crippen molar-refractivity contribution in [2.45, 2.75) is 25.2 Å². The van der Waals surface area contributed by atoms with E-state index >= 15 is 0 Å². The fourth-order valence-electron chi connectivity index (χ4n) is 2.90. The van der Waals surface area contributed by atoms with Crippen LogP contribution in [-0.2, 0) is 21.2 Å². The Morgan fingerprint density at radius 2 is 1.52 bits per heavy atom. The summed E-state index contributed by atoms with van der Waals surface area (Å²) >= 11 is 0. The largest absolute Gasteiger partial charge is 0.325 e. The summed E-state index contributed by atoms with van der Waals surface area (Å²) in [5.41, 5.74) is 3.24. The van der Waals surface area contributed by atoms with Crippen LogP contribution in [0.5, 0.6) is 0 Å². The van der Waals surface area contributed by atoms with Gasteiger partial charge in [0.25, 0.3) is 10.0 Å². The van der Waals surface area contributed by atoms with Crippen LogP contribution >= 0.6 is 0 Å². The molecule has 1 N–H and O–H groups in total. The number of hydrogen-bond acceptors (Lipinski definition) is 3. The Kier molecular flexibility index (Phi) is 6.34. The minimum atomic E-state index is -3.90. The number of nitrogens with zero attached hydrogens (tertiary/aromatic N) is 1. The molecule has 0 spiro atoms. The molecule has 0 aliphatic carbocycles. The quantitative estimate of drug-likeness (QED) is 0.630. The highest BCUT2D eigenvalue weighted by molar-refractivity contribution is 7.92. The van der Waals surface area contributed by atoms with Crippen LogP contribution in [0.15, 0.2) is 83.8 Å². The number of benzene rings is 3. The van der Waals surface area contributed by atoms with E-state index in [4.69, 9.17) is 0 Å². The fraction of sp³-hybridized carbons (Fsp3) is 0.174. The third kappa shape index (κ3) is 5.03. The van der Waals surface area contributed by atoms with Crippen molar-refractivity contribution in [1.29, 1.82) is 0 Å². The van der Waals surface area contributed by atoms with Gasteiger partial charge < -0.3 is 5.32 Å². The molecule has 0 saturated carbocycles. The van der Waals surface area contributed by atoms with E-state index in [1.165, 1.54) is 12.1 Å². The first-order valence-electron chi connectivity index (χ1n) is 9.43. The van der Waals surface area contributed by atoms with Gasteiger partial charge in [0.05, 0.1) is 10.6 Å². The van der Waals surface area contributed by atoms with Crippen LogP contribution in [0.3, 0.4) is 0 Å². The van der Waals surface area contributed by atoms with Crippen molar-refractivity contribution in [1.82, 2.24) is 0 Å². The lowest BCUT2D eigenvalue weighted by Gasteiger charge is -2.24. The molecule has 29 heavy (non-hydrogen) atoms. The average molecular weight is 409 g/mol. The van der Waals surface area contributed by atoms with Crippen LogP contribution in [0.25, 0.3) is 0 Å². The van der Waals surface area contributed by atoms with Crippen LogP contribution in [0, 0.1) is 6.92 Å². The molecular weight excluding hydrogens is 384 g/mol. The van der Waals surface area contributed by atoms with Gasteiger partial charge in [-0.1, -0.05) is 55.0 Å². The summed E-state index contributed by atoms with van der Waals surface area (Å²) in [5.74, 6) is -0.409. The SMILES string of the molecule is CCc1ccc(N(CC(=O)Nc2ccc(C)cc2)S(=O)(=O)c2ccccc2)cc1. The molecule has 0 unspecified atom stereocenters. The van der Waals surface area contributed by atoms with Gasteiger partial charge in [-0.05, 0) is 55.3 Å². The number of rotatable bonds is 7. The first kappa shape index (κ1) is 20.6. The van der Waals surface area contributed by atoms with Crippen molar-refractivity contribution >= 4 is 27.3 Å². The number of carbonyl (C=O) groups is 1. The highest BCUT2D eigenvalue weighted by Gasteiger charge is 2.27. The summed E-state index contributed by atoms with van der Waals surface area (Å²) < 4.78 is 27.7. The minimum absolute atomic E-state index is 0.141. The van der Waals surface area contributed by atoms with Crippen molar-refractivity contribution < 1.29 is 13.2 Å². The number of sulfonamides is 1. The molecular formula is C23H24N2O3S. The van der Waals surface area contributed by atoms with E-state index in [2.05, 4.69) is 5.32 Å². The van der Waals surface area contributed by atoms with Crippen molar-refractivity contribution in [3.05, 3.63) is 90.0 Å². The maximum Gasteiger partial charge on any atom is 0.264 e. The summed E-state index contributed by atoms with van der Waals surface area (Å²) in [4.78, 5) is 12.8. The molecule has 0 radical (unpaired) electrons. The molecule has 3 aromatic carbocycles. The van der Waals surface area contributed by atoms with E-state index in [1.54, 1.807) is 42.5 Å². The predicted molar refractivity (Wildman–Crippen MR) is 117 cm³/mol. The molecule has 0 bridgehead atoms. The first-order valence-corrected chi connectivity index (χ1v) is 10.9. The molecule has 3 rings (SSSR count). The van der Waals surface area contributed by atoms with Crippen LogP contribution in [0.1, 0.15) is 18.1 Å². The van der Waals surface area contributed by atoms with Gasteiger partial charge in [0.1, 0.15) is 6.54 Å². The Morgan fingerprint density at radius 1 is 0.897 bits per heavy atom. The standard InChI is InChI=1S/C23H24N2O3S/c1-3-19-11-15-21(16-12-19)25(29(27,28)22-7-5-4-6-8-22)17-23(26)24-20-13-9-18(2)10-14-20/h4-16H,3,17H2,1-2H3,(H,24,26). The smallest absolute Gasteiger partial charge is 0.264 e. The van der Waals surface area contributed by atoms with Crippen LogP contribution in [0.2, 0.25) is 0 Å². The Bertz CT molecular complexity index is 1060. The molecule has 0 heterocycles. The van der Waals surface area contributed by atoms with Crippen LogP contribution < -0.4 is 9.62 Å². The molecule has 3 aromatic rings. The molecule has 0 saturated heterocycles. The van der Waals surface area contributed by atoms with Crippen molar-refractivity contribution in [2.75, 3.05) is 16.2 Å². The zero-order valence-corrected chi connectivity index (χ0v) is 17.3. The lowest BCUT2D eigenvalue weighted by molar-refractivity contribution is -0.114. The Labute approximate surface area is 172 Å². The predicted octanol–water partition coefficient (Wildman–Crippen LogP) is 4.39. The van der Waals surface area contributed by atoms with Gasteiger partial charge in [0.2, 0.25) is 5.91 Å². The summed E-state index contributed by atoms with van der Waals surface area (Å²) in [6, 6.07) is 22.7. The molecule has 5 nitrogen and oxygen atoms in total. The van der Waals surface area contributed by atoms with Gasteiger partial charge in [-0.15, -0.1) is 0 Å². The monoisotopic (exact) mass is 408 g/mol. The van der Waals surface area contributed by atoms with Crippen molar-refractivity contribution in [3.8, 4) is 0 Å². The van der Waals surface area contributed by atoms with E-state index < -0.39 is 15.9 Å². The molecule has 0 atom stereocenters. The summed E-state index contributed by atoms with van der Waals surface area (Å²) in [6.45, 7) is 3.67. The Morgan fingerprint density at radius 3 is 2.10 bits per heavy atom.